The highest BCUT2D eigenvalue weighted by Crippen LogP contribution is 2.51. The lowest BCUT2D eigenvalue weighted by Crippen LogP contribution is -2.34. The van der Waals surface area contributed by atoms with Crippen LogP contribution in [0.4, 0.5) is 0 Å². The Morgan fingerprint density at radius 2 is 1.38 bits per heavy atom. The lowest BCUT2D eigenvalue weighted by molar-refractivity contribution is 0.273. The molecule has 1 aromatic heterocycles. The van der Waals surface area contributed by atoms with E-state index in [4.69, 9.17) is 0 Å². The Morgan fingerprint density at radius 3 is 2.05 bits per heavy atom. The summed E-state index contributed by atoms with van der Waals surface area (Å²) in [5, 5.41) is 9.35. The van der Waals surface area contributed by atoms with E-state index in [0.29, 0.717) is 5.92 Å². The third kappa shape index (κ3) is 12.0. The number of fused-ring (bicyclic) bond motifs is 3. The summed E-state index contributed by atoms with van der Waals surface area (Å²) in [7, 11) is 0. The topological polar surface area (TPSA) is 24.1 Å². The third-order valence-electron chi connectivity index (χ3n) is 16.7. The molecule has 3 aliphatic carbocycles. The number of hydrogen-bond acceptors (Lipinski definition) is 4. The van der Waals surface area contributed by atoms with Gasteiger partial charge in [-0.3, -0.25) is 0 Å². The lowest BCUT2D eigenvalue weighted by Gasteiger charge is -2.42. The summed E-state index contributed by atoms with van der Waals surface area (Å²) >= 11 is 3.88. The van der Waals surface area contributed by atoms with E-state index < -0.39 is 0 Å². The minimum Gasteiger partial charge on any atom is -0.368 e. The van der Waals surface area contributed by atoms with E-state index in [-0.39, 0.29) is 45.0 Å². The van der Waals surface area contributed by atoms with Gasteiger partial charge in [-0.1, -0.05) is 174 Å². The molecule has 0 fully saturated rings. The quantitative estimate of drug-likeness (QED) is 0.0664. The van der Waals surface area contributed by atoms with Gasteiger partial charge in [0.15, 0.2) is 0 Å². The van der Waals surface area contributed by atoms with Crippen molar-refractivity contribution in [2.45, 2.75) is 149 Å². The van der Waals surface area contributed by atoms with Gasteiger partial charge in [0.2, 0.25) is 0 Å². The van der Waals surface area contributed by atoms with Gasteiger partial charge in [0.25, 0.3) is 6.71 Å². The molecule has 3 aromatic carbocycles. The molecule has 0 radical (unpaired) electrons. The second-order valence-electron chi connectivity index (χ2n) is 24.9. The highest BCUT2D eigenvalue weighted by Gasteiger charge is 2.39. The molecule has 3 unspecified atom stereocenters. The first-order chi connectivity index (χ1) is 34.5. The zero-order valence-corrected chi connectivity index (χ0v) is 48.0. The fraction of sp³-hybridized carbons (Fsp3) is 0.382. The molecule has 0 saturated heterocycles. The summed E-state index contributed by atoms with van der Waals surface area (Å²) in [6.07, 6.45) is 32.0. The molecule has 2 heterocycles. The fourth-order valence-corrected chi connectivity index (χ4v) is 14.2. The van der Waals surface area contributed by atoms with Crippen molar-refractivity contribution in [3.8, 4) is 0 Å². The predicted molar refractivity (Wildman–Crippen MR) is 325 cm³/mol. The van der Waals surface area contributed by atoms with Crippen LogP contribution in [-0.4, -0.2) is 12.0 Å². The van der Waals surface area contributed by atoms with Gasteiger partial charge >= 0.3 is 0 Å². The highest BCUT2D eigenvalue weighted by molar-refractivity contribution is 8.00. The number of thiophene rings is 1. The van der Waals surface area contributed by atoms with Gasteiger partial charge in [0.1, 0.15) is 0 Å². The number of allylic oxidation sites excluding steroid dienone is 12. The molecule has 4 aliphatic rings. The Labute approximate surface area is 450 Å². The van der Waals surface area contributed by atoms with Gasteiger partial charge in [0.05, 0.1) is 0 Å². The summed E-state index contributed by atoms with van der Waals surface area (Å²) in [5.41, 5.74) is 14.0. The van der Waals surface area contributed by atoms with Crippen LogP contribution < -0.4 is 15.4 Å². The Bertz CT molecular complexity index is 2950. The molecule has 1 aliphatic heterocycles. The predicted octanol–water partition coefficient (Wildman–Crippen LogP) is 18.4. The largest absolute Gasteiger partial charge is 0.368 e. The fourth-order valence-electron chi connectivity index (χ4n) is 11.6. The molecule has 0 amide bonds. The molecule has 73 heavy (non-hydrogen) atoms. The van der Waals surface area contributed by atoms with E-state index in [1.807, 2.05) is 29.2 Å². The number of benzene rings is 3. The van der Waals surface area contributed by atoms with Crippen molar-refractivity contribution >= 4 is 50.8 Å². The molecule has 4 aromatic rings. The minimum atomic E-state index is -0.130. The van der Waals surface area contributed by atoms with E-state index in [2.05, 4.69) is 253 Å². The highest BCUT2D eigenvalue weighted by atomic mass is 32.2. The molecular formula is C68H83BN2S2. The van der Waals surface area contributed by atoms with Crippen LogP contribution in [0.1, 0.15) is 150 Å². The average molecular weight is 1000 g/mol. The van der Waals surface area contributed by atoms with Crippen molar-refractivity contribution in [2.75, 3.05) is 0 Å². The molecule has 5 heteroatoms. The van der Waals surface area contributed by atoms with Gasteiger partial charge < -0.3 is 10.6 Å². The van der Waals surface area contributed by atoms with Crippen LogP contribution in [0.25, 0.3) is 16.2 Å². The molecule has 0 spiro atoms. The SMILES string of the molecule is C=C/C(=C\C1=CC(C)CCC1(C)C)NC(=C/C(=C)C)/C(=C/N/C=C/C1=C(/C=C/c2ccccc2)C(C)(C)CCC1(C)C)B(/C=C/C1Sc2ccccc2C1C=C)c1cc2cc3c(cc2s1)C(C)(C)CCC3(C)C. The molecule has 0 bridgehead atoms. The zero-order valence-electron chi connectivity index (χ0n) is 46.3. The molecule has 2 N–H and O–H groups in total. The standard InChI is InChI=1S/C68H83BN2S2/c1-16-51(43-50-40-47(5)29-32-64(50,6)7)71-59(39-46(3)4)58(45-70-38-31-55-54(28-27-48-23-19-18-20-24-48)65(8,9)33-34-66(55,10)11)69(37-30-61-52(17-2)53-25-21-22-26-60(53)72-61)63-42-49-41-56-57(44-62(49)73-63)68(14,15)36-35-67(56,12)13/h16-28,30-31,37-45,47,52,61,70-71H,1-3,29,32-36H2,4-15H3/b28-27+,37-30+,38-31+,51-43+,58-45-,59-39+. The average Bonchev–Trinajstić information content (AvgIpc) is 3.93. The van der Waals surface area contributed by atoms with Crippen LogP contribution in [0.5, 0.6) is 0 Å². The van der Waals surface area contributed by atoms with Crippen molar-refractivity contribution < 1.29 is 0 Å². The van der Waals surface area contributed by atoms with E-state index >= 15 is 0 Å². The lowest BCUT2D eigenvalue weighted by atomic mass is 9.42. The van der Waals surface area contributed by atoms with Crippen molar-refractivity contribution in [3.63, 3.8) is 0 Å². The number of nitrogens with one attached hydrogen (secondary N) is 2. The normalized spacial score (nSPS) is 23.4. The van der Waals surface area contributed by atoms with Gasteiger partial charge in [0, 0.05) is 38.4 Å². The van der Waals surface area contributed by atoms with Gasteiger partial charge in [-0.25, -0.2) is 0 Å². The monoisotopic (exact) mass is 1000 g/mol. The smallest absolute Gasteiger partial charge is 0.251 e. The Morgan fingerprint density at radius 1 is 0.740 bits per heavy atom. The van der Waals surface area contributed by atoms with Crippen LogP contribution in [-0.2, 0) is 10.8 Å². The summed E-state index contributed by atoms with van der Waals surface area (Å²) in [5.74, 6) is 3.21. The van der Waals surface area contributed by atoms with Gasteiger partial charge in [-0.05, 0) is 188 Å². The molecule has 2 nitrogen and oxygen atoms in total. The first kappa shape index (κ1) is 54.0. The molecule has 380 valence electrons. The number of rotatable bonds is 16. The Hall–Kier alpha value is -5.23. The maximum absolute atomic E-state index is 4.51. The zero-order chi connectivity index (χ0) is 52.5. The third-order valence-corrected chi connectivity index (χ3v) is 19.3. The van der Waals surface area contributed by atoms with E-state index in [1.165, 1.54) is 78.0 Å². The second kappa shape index (κ2) is 21.6. The van der Waals surface area contributed by atoms with Crippen molar-refractivity contribution in [1.29, 1.82) is 0 Å². The molecular weight excluding hydrogens is 920 g/mol. The summed E-state index contributed by atoms with van der Waals surface area (Å²) in [6, 6.07) is 27.1. The minimum absolute atomic E-state index is 0.00518. The van der Waals surface area contributed by atoms with Crippen LogP contribution in [0.3, 0.4) is 0 Å². The molecule has 0 saturated carbocycles. The van der Waals surface area contributed by atoms with E-state index in [0.717, 1.165) is 41.7 Å². The molecule has 3 atom stereocenters. The Kier molecular flexibility index (Phi) is 16.0. The van der Waals surface area contributed by atoms with Crippen LogP contribution in [0.2, 0.25) is 0 Å². The van der Waals surface area contributed by atoms with Crippen LogP contribution >= 0.6 is 23.1 Å². The maximum Gasteiger partial charge on any atom is 0.251 e. The van der Waals surface area contributed by atoms with Crippen LogP contribution in [0, 0.1) is 22.2 Å². The second-order valence-corrected chi connectivity index (χ2v) is 27.2. The first-order valence-corrected chi connectivity index (χ1v) is 28.7. The number of thioether (sulfide) groups is 1. The van der Waals surface area contributed by atoms with Crippen molar-refractivity contribution in [3.05, 3.63) is 221 Å². The molecule has 8 rings (SSSR count). The van der Waals surface area contributed by atoms with Crippen LogP contribution in [0.15, 0.2) is 204 Å². The summed E-state index contributed by atoms with van der Waals surface area (Å²) in [4.78, 5) is 1.33. The maximum atomic E-state index is 4.51. The van der Waals surface area contributed by atoms with Gasteiger partial charge in [-0.2, -0.15) is 0 Å². The number of hydrogen-bond donors (Lipinski definition) is 2. The Balaban J connectivity index is 1.32. The first-order valence-electron chi connectivity index (χ1n) is 27.0. The van der Waals surface area contributed by atoms with Crippen molar-refractivity contribution in [1.82, 2.24) is 10.6 Å². The van der Waals surface area contributed by atoms with E-state index in [1.54, 1.807) is 0 Å². The van der Waals surface area contributed by atoms with Crippen molar-refractivity contribution in [2.24, 2.45) is 22.2 Å². The summed E-state index contributed by atoms with van der Waals surface area (Å²) in [6.45, 7) is 41.7. The van der Waals surface area contributed by atoms with Gasteiger partial charge in [-0.15, -0.1) is 35.7 Å². The van der Waals surface area contributed by atoms with E-state index in [9.17, 15) is 0 Å². The summed E-state index contributed by atoms with van der Waals surface area (Å²) < 4.78 is 2.64.